The average molecular weight is 524 g/mol. The molecule has 1 unspecified atom stereocenters. The molecule has 4 atom stereocenters. The first-order valence-electron chi connectivity index (χ1n) is 13.0. The molecule has 1 saturated heterocycles. The minimum atomic E-state index is -0.840. The molecular formula is C30H41N3O5. The lowest BCUT2D eigenvalue weighted by Gasteiger charge is -2.32. The van der Waals surface area contributed by atoms with Crippen molar-refractivity contribution in [2.45, 2.75) is 66.2 Å². The van der Waals surface area contributed by atoms with Gasteiger partial charge in [-0.2, -0.15) is 0 Å². The Morgan fingerprint density at radius 3 is 2.34 bits per heavy atom. The van der Waals surface area contributed by atoms with E-state index < -0.39 is 41.9 Å². The highest BCUT2D eigenvalue weighted by molar-refractivity contribution is 5.93. The highest BCUT2D eigenvalue weighted by Gasteiger charge is 2.34. The lowest BCUT2D eigenvalue weighted by molar-refractivity contribution is -0.149. The number of carbonyl (C=O) groups is 4. The Morgan fingerprint density at radius 1 is 1.13 bits per heavy atom. The van der Waals surface area contributed by atoms with E-state index in [9.17, 15) is 19.2 Å². The maximum Gasteiger partial charge on any atom is 0.326 e. The molecule has 0 radical (unpaired) electrons. The third kappa shape index (κ3) is 7.91. The number of benzene rings is 1. The van der Waals surface area contributed by atoms with Gasteiger partial charge in [-0.05, 0) is 43.4 Å². The van der Waals surface area contributed by atoms with E-state index in [4.69, 9.17) is 4.74 Å². The first-order valence-corrected chi connectivity index (χ1v) is 13.0. The van der Waals surface area contributed by atoms with Crippen molar-refractivity contribution < 1.29 is 23.9 Å². The smallest absolute Gasteiger partial charge is 0.326 e. The lowest BCUT2D eigenvalue weighted by atomic mass is 9.88. The van der Waals surface area contributed by atoms with Crippen molar-refractivity contribution in [1.82, 2.24) is 15.5 Å². The van der Waals surface area contributed by atoms with Crippen molar-refractivity contribution >= 4 is 29.3 Å². The summed E-state index contributed by atoms with van der Waals surface area (Å²) in [6.45, 7) is 14.6. The number of esters is 1. The molecule has 0 aliphatic carbocycles. The molecule has 1 aromatic rings. The van der Waals surface area contributed by atoms with Crippen LogP contribution in [0.25, 0.3) is 5.57 Å². The monoisotopic (exact) mass is 523 g/mol. The van der Waals surface area contributed by atoms with Crippen LogP contribution in [-0.2, 0) is 23.9 Å². The number of nitrogens with zero attached hydrogens (tertiary/aromatic N) is 1. The fraction of sp³-hybridized carbons (Fsp3) is 0.467. The summed E-state index contributed by atoms with van der Waals surface area (Å²) in [6, 6.07) is 8.17. The summed E-state index contributed by atoms with van der Waals surface area (Å²) < 4.78 is 5.88. The molecule has 3 amide bonds. The topological polar surface area (TPSA) is 105 Å². The molecule has 8 heteroatoms. The summed E-state index contributed by atoms with van der Waals surface area (Å²) in [5.41, 5.74) is 3.29. The van der Waals surface area contributed by atoms with E-state index in [1.54, 1.807) is 6.92 Å². The van der Waals surface area contributed by atoms with Gasteiger partial charge in [0.05, 0.1) is 0 Å². The second kappa shape index (κ2) is 13.7. The average Bonchev–Trinajstić information content (AvgIpc) is 2.87. The summed E-state index contributed by atoms with van der Waals surface area (Å²) in [7, 11) is 1.52. The quantitative estimate of drug-likeness (QED) is 0.356. The van der Waals surface area contributed by atoms with Crippen LogP contribution in [0.3, 0.4) is 0 Å². The Hall–Kier alpha value is -3.68. The van der Waals surface area contributed by atoms with E-state index in [2.05, 4.69) is 17.2 Å². The molecule has 0 saturated carbocycles. The van der Waals surface area contributed by atoms with Gasteiger partial charge in [0.1, 0.15) is 24.7 Å². The minimum absolute atomic E-state index is 0.0379. The third-order valence-electron chi connectivity index (χ3n) is 6.81. The van der Waals surface area contributed by atoms with Gasteiger partial charge in [-0.25, -0.2) is 0 Å². The first kappa shape index (κ1) is 30.5. The number of cyclic esters (lactones) is 1. The zero-order valence-electron chi connectivity index (χ0n) is 23.5. The first-order chi connectivity index (χ1) is 17.9. The van der Waals surface area contributed by atoms with E-state index >= 15 is 0 Å². The van der Waals surface area contributed by atoms with Crippen LogP contribution in [0.15, 0.2) is 60.2 Å². The highest BCUT2D eigenvalue weighted by Crippen LogP contribution is 2.28. The number of nitrogens with one attached hydrogen (secondary N) is 2. The summed E-state index contributed by atoms with van der Waals surface area (Å²) >= 11 is 0. The Labute approximate surface area is 226 Å². The summed E-state index contributed by atoms with van der Waals surface area (Å²) in [5.74, 6) is -2.51. The summed E-state index contributed by atoms with van der Waals surface area (Å²) in [6.07, 6.45) is 3.17. The van der Waals surface area contributed by atoms with Crippen LogP contribution in [0.2, 0.25) is 0 Å². The number of allylic oxidation sites excluding steroid dienone is 3. The minimum Gasteiger partial charge on any atom is -0.456 e. The van der Waals surface area contributed by atoms with Crippen molar-refractivity contribution in [3.05, 3.63) is 65.8 Å². The second-order valence-corrected chi connectivity index (χ2v) is 10.2. The Morgan fingerprint density at radius 2 is 1.76 bits per heavy atom. The number of carbonyl (C=O) groups excluding carboxylic acids is 4. The van der Waals surface area contributed by atoms with Crippen LogP contribution in [0.5, 0.6) is 0 Å². The predicted octanol–water partition coefficient (Wildman–Crippen LogP) is 3.65. The van der Waals surface area contributed by atoms with E-state index in [0.29, 0.717) is 5.57 Å². The number of likely N-dealkylation sites (N-methyl/N-ethyl adjacent to an activating group) is 1. The molecule has 2 rings (SSSR count). The van der Waals surface area contributed by atoms with Crippen LogP contribution in [0.4, 0.5) is 0 Å². The van der Waals surface area contributed by atoms with E-state index in [1.165, 1.54) is 11.9 Å². The molecule has 2 N–H and O–H groups in total. The fourth-order valence-electron chi connectivity index (χ4n) is 4.63. The summed E-state index contributed by atoms with van der Waals surface area (Å²) in [4.78, 5) is 53.1. The SMILES string of the molecule is C=C1CC(=O)N[C@@H](C)C(=O)N(C)[C@@H](C(C)C)C(=O)NCC(=O)OC(/C(C)=C/C(=C\C)c2ccccc2)[C@@H]1C. The number of amides is 3. The molecule has 8 nitrogen and oxygen atoms in total. The van der Waals surface area contributed by atoms with Crippen LogP contribution in [0.1, 0.15) is 53.5 Å². The fourth-order valence-corrected chi connectivity index (χ4v) is 4.63. The van der Waals surface area contributed by atoms with E-state index in [-0.39, 0.29) is 24.8 Å². The maximum atomic E-state index is 13.0. The number of ether oxygens (including phenoxy) is 1. The number of rotatable bonds is 4. The largest absolute Gasteiger partial charge is 0.456 e. The predicted molar refractivity (Wildman–Crippen MR) is 149 cm³/mol. The maximum absolute atomic E-state index is 13.0. The van der Waals surface area contributed by atoms with Gasteiger partial charge in [-0.3, -0.25) is 19.2 Å². The number of hydrogen-bond donors (Lipinski definition) is 2. The second-order valence-electron chi connectivity index (χ2n) is 10.2. The molecule has 1 fully saturated rings. The standard InChI is InChI=1S/C30H41N3O5/c1-9-23(24-13-11-10-12-14-24)15-20(5)28-21(6)19(4)16-25(34)32-22(7)30(37)33(8)27(18(2)3)29(36)31-17-26(35)38-28/h9-15,18,21-22,27-28H,4,16-17H2,1-3,5-8H3,(H,31,36)(H,32,34)/b20-15+,23-9+/t21-,22+,27+,28?/m1/s1. The van der Waals surface area contributed by atoms with Gasteiger partial charge >= 0.3 is 5.97 Å². The van der Waals surface area contributed by atoms with Crippen LogP contribution >= 0.6 is 0 Å². The molecule has 1 aliphatic heterocycles. The van der Waals surface area contributed by atoms with Crippen molar-refractivity contribution in [3.8, 4) is 0 Å². The Kier molecular flexibility index (Phi) is 11.0. The molecule has 1 aromatic carbocycles. The Balaban J connectivity index is 2.44. The van der Waals surface area contributed by atoms with Gasteiger partial charge in [-0.1, -0.05) is 75.4 Å². The van der Waals surface area contributed by atoms with Crippen molar-refractivity contribution in [2.75, 3.05) is 13.6 Å². The van der Waals surface area contributed by atoms with Crippen molar-refractivity contribution in [3.63, 3.8) is 0 Å². The van der Waals surface area contributed by atoms with Crippen molar-refractivity contribution in [2.24, 2.45) is 11.8 Å². The normalized spacial score (nSPS) is 25.4. The molecule has 38 heavy (non-hydrogen) atoms. The highest BCUT2D eigenvalue weighted by atomic mass is 16.5. The molecule has 1 aliphatic rings. The number of hydrogen-bond acceptors (Lipinski definition) is 5. The molecule has 0 aromatic heterocycles. The lowest BCUT2D eigenvalue weighted by Crippen LogP contribution is -2.55. The molecular weight excluding hydrogens is 482 g/mol. The molecule has 1 heterocycles. The summed E-state index contributed by atoms with van der Waals surface area (Å²) in [5, 5.41) is 5.34. The van der Waals surface area contributed by atoms with Gasteiger partial charge in [0.25, 0.3) is 0 Å². The van der Waals surface area contributed by atoms with Crippen molar-refractivity contribution in [1.29, 1.82) is 0 Å². The molecule has 206 valence electrons. The zero-order valence-corrected chi connectivity index (χ0v) is 23.5. The van der Waals surface area contributed by atoms with Crippen LogP contribution in [-0.4, -0.2) is 60.4 Å². The Bertz CT molecular complexity index is 1110. The van der Waals surface area contributed by atoms with Crippen LogP contribution < -0.4 is 10.6 Å². The van der Waals surface area contributed by atoms with Crippen LogP contribution in [0, 0.1) is 11.8 Å². The van der Waals surface area contributed by atoms with Gasteiger partial charge in [0.2, 0.25) is 17.7 Å². The van der Waals surface area contributed by atoms with E-state index in [1.807, 2.05) is 77.1 Å². The van der Waals surface area contributed by atoms with Gasteiger partial charge in [0.15, 0.2) is 0 Å². The zero-order chi connectivity index (χ0) is 28.6. The third-order valence-corrected chi connectivity index (χ3v) is 6.81. The van der Waals surface area contributed by atoms with Gasteiger partial charge in [0, 0.05) is 19.4 Å². The van der Waals surface area contributed by atoms with E-state index in [0.717, 1.165) is 16.7 Å². The van der Waals surface area contributed by atoms with Gasteiger partial charge in [-0.15, -0.1) is 0 Å². The van der Waals surface area contributed by atoms with Gasteiger partial charge < -0.3 is 20.3 Å². The molecule has 0 bridgehead atoms. The molecule has 0 spiro atoms.